The van der Waals surface area contributed by atoms with Crippen LogP contribution in [-0.2, 0) is 14.8 Å². The molecule has 2 aromatic carbocycles. The predicted molar refractivity (Wildman–Crippen MR) is 103 cm³/mol. The lowest BCUT2D eigenvalue weighted by Gasteiger charge is -2.17. The van der Waals surface area contributed by atoms with Crippen molar-refractivity contribution in [1.29, 1.82) is 0 Å². The van der Waals surface area contributed by atoms with Gasteiger partial charge in [-0.15, -0.1) is 0 Å². The van der Waals surface area contributed by atoms with E-state index in [1.165, 1.54) is 19.2 Å². The van der Waals surface area contributed by atoms with Crippen molar-refractivity contribution in [2.75, 3.05) is 37.9 Å². The van der Waals surface area contributed by atoms with E-state index in [0.717, 1.165) is 14.5 Å². The van der Waals surface area contributed by atoms with Gasteiger partial charge in [-0.1, -0.05) is 15.9 Å². The number of hydrogen-bond donors (Lipinski definition) is 1. The summed E-state index contributed by atoms with van der Waals surface area (Å²) in [5, 5.41) is 2.70. The Labute approximate surface area is 156 Å². The largest absolute Gasteiger partial charge is 0.378 e. The Morgan fingerprint density at radius 3 is 2.08 bits per heavy atom. The van der Waals surface area contributed by atoms with Gasteiger partial charge in [-0.25, -0.2) is 8.42 Å². The fourth-order valence-corrected chi connectivity index (χ4v) is 3.51. The second kappa shape index (κ2) is 7.99. The van der Waals surface area contributed by atoms with E-state index >= 15 is 0 Å². The standard InChI is InChI=1S/C17H20BrN3O3S/c1-20(2)15-8-6-14(7-9-15)19-17(22)12-21(3)25(23,24)16-10-4-13(18)5-11-16/h4-11H,12H2,1-3H3,(H,19,22). The average Bonchev–Trinajstić information content (AvgIpc) is 2.55. The van der Waals surface area contributed by atoms with Crippen LogP contribution in [0.15, 0.2) is 57.9 Å². The average molecular weight is 426 g/mol. The fraction of sp³-hybridized carbons (Fsp3) is 0.235. The van der Waals surface area contributed by atoms with Crippen LogP contribution in [0.4, 0.5) is 11.4 Å². The molecular formula is C17H20BrN3O3S. The molecule has 0 atom stereocenters. The number of sulfonamides is 1. The molecule has 2 rings (SSSR count). The molecule has 25 heavy (non-hydrogen) atoms. The van der Waals surface area contributed by atoms with Gasteiger partial charge in [0.2, 0.25) is 15.9 Å². The number of amides is 1. The summed E-state index contributed by atoms with van der Waals surface area (Å²) in [6.07, 6.45) is 0. The van der Waals surface area contributed by atoms with Crippen LogP contribution in [0, 0.1) is 0 Å². The Bertz CT molecular complexity index is 834. The summed E-state index contributed by atoms with van der Waals surface area (Å²) < 4.78 is 26.8. The third kappa shape index (κ3) is 5.04. The molecule has 0 aliphatic heterocycles. The fourth-order valence-electron chi connectivity index (χ4n) is 2.12. The van der Waals surface area contributed by atoms with Crippen molar-refractivity contribution < 1.29 is 13.2 Å². The molecular weight excluding hydrogens is 406 g/mol. The van der Waals surface area contributed by atoms with Gasteiger partial charge in [-0.2, -0.15) is 4.31 Å². The monoisotopic (exact) mass is 425 g/mol. The Hall–Kier alpha value is -1.90. The predicted octanol–water partition coefficient (Wildman–Crippen LogP) is 2.77. The van der Waals surface area contributed by atoms with E-state index in [-0.39, 0.29) is 11.4 Å². The molecule has 8 heteroatoms. The third-order valence-electron chi connectivity index (χ3n) is 3.56. The van der Waals surface area contributed by atoms with Gasteiger partial charge in [0.25, 0.3) is 0 Å². The van der Waals surface area contributed by atoms with Crippen molar-refractivity contribution in [3.8, 4) is 0 Å². The van der Waals surface area contributed by atoms with Gasteiger partial charge in [-0.05, 0) is 48.5 Å². The summed E-state index contributed by atoms with van der Waals surface area (Å²) in [5.41, 5.74) is 1.62. The van der Waals surface area contributed by atoms with E-state index in [4.69, 9.17) is 0 Å². The highest BCUT2D eigenvalue weighted by Gasteiger charge is 2.22. The first-order valence-corrected chi connectivity index (χ1v) is 9.72. The van der Waals surface area contributed by atoms with Gasteiger partial charge < -0.3 is 10.2 Å². The molecule has 0 fully saturated rings. The molecule has 134 valence electrons. The van der Waals surface area contributed by atoms with Gasteiger partial charge in [-0.3, -0.25) is 4.79 Å². The van der Waals surface area contributed by atoms with Crippen molar-refractivity contribution in [2.45, 2.75) is 4.90 Å². The van der Waals surface area contributed by atoms with E-state index in [2.05, 4.69) is 21.2 Å². The number of rotatable bonds is 6. The van der Waals surface area contributed by atoms with Crippen LogP contribution in [-0.4, -0.2) is 46.3 Å². The zero-order valence-corrected chi connectivity index (χ0v) is 16.6. The molecule has 0 spiro atoms. The van der Waals surface area contributed by atoms with Crippen LogP contribution in [0.1, 0.15) is 0 Å². The first-order valence-electron chi connectivity index (χ1n) is 7.49. The lowest BCUT2D eigenvalue weighted by atomic mass is 10.2. The molecule has 1 amide bonds. The summed E-state index contributed by atoms with van der Waals surface area (Å²) in [5.74, 6) is -0.402. The maximum Gasteiger partial charge on any atom is 0.243 e. The third-order valence-corrected chi connectivity index (χ3v) is 5.90. The second-order valence-corrected chi connectivity index (χ2v) is 8.67. The van der Waals surface area contributed by atoms with Crippen LogP contribution in [0.2, 0.25) is 0 Å². The molecule has 0 aromatic heterocycles. The van der Waals surface area contributed by atoms with Crippen LogP contribution >= 0.6 is 15.9 Å². The zero-order chi connectivity index (χ0) is 18.6. The van der Waals surface area contributed by atoms with Gasteiger partial charge in [0, 0.05) is 37.0 Å². The molecule has 0 heterocycles. The molecule has 0 saturated heterocycles. The molecule has 0 aliphatic carbocycles. The lowest BCUT2D eigenvalue weighted by Crippen LogP contribution is -2.34. The van der Waals surface area contributed by atoms with E-state index in [1.54, 1.807) is 24.3 Å². The Morgan fingerprint density at radius 2 is 1.56 bits per heavy atom. The summed E-state index contributed by atoms with van der Waals surface area (Å²) >= 11 is 3.26. The topological polar surface area (TPSA) is 69.7 Å². The minimum absolute atomic E-state index is 0.140. The van der Waals surface area contributed by atoms with E-state index in [1.807, 2.05) is 31.1 Å². The highest BCUT2D eigenvalue weighted by Crippen LogP contribution is 2.18. The zero-order valence-electron chi connectivity index (χ0n) is 14.2. The number of hydrogen-bond acceptors (Lipinski definition) is 4. The Morgan fingerprint density at radius 1 is 1.00 bits per heavy atom. The van der Waals surface area contributed by atoms with Gasteiger partial charge in [0.15, 0.2) is 0 Å². The summed E-state index contributed by atoms with van der Waals surface area (Å²) in [6, 6.07) is 13.6. The van der Waals surface area contributed by atoms with E-state index in [9.17, 15) is 13.2 Å². The van der Waals surface area contributed by atoms with Crippen LogP contribution < -0.4 is 10.2 Å². The molecule has 2 aromatic rings. The molecule has 0 radical (unpaired) electrons. The summed E-state index contributed by atoms with van der Waals surface area (Å²) in [6.45, 7) is -0.270. The normalized spacial score (nSPS) is 11.4. The minimum atomic E-state index is -3.72. The summed E-state index contributed by atoms with van der Waals surface area (Å²) in [4.78, 5) is 14.2. The van der Waals surface area contributed by atoms with Crippen LogP contribution in [0.3, 0.4) is 0 Å². The molecule has 0 bridgehead atoms. The number of anilines is 2. The number of carbonyl (C=O) groups excluding carboxylic acids is 1. The van der Waals surface area contributed by atoms with Gasteiger partial charge in [0.05, 0.1) is 11.4 Å². The maximum atomic E-state index is 12.5. The van der Waals surface area contributed by atoms with Crippen molar-refractivity contribution in [3.63, 3.8) is 0 Å². The van der Waals surface area contributed by atoms with Crippen molar-refractivity contribution in [2.24, 2.45) is 0 Å². The number of likely N-dealkylation sites (N-methyl/N-ethyl adjacent to an activating group) is 1. The van der Waals surface area contributed by atoms with E-state index in [0.29, 0.717) is 5.69 Å². The SMILES string of the molecule is CN(C)c1ccc(NC(=O)CN(C)S(=O)(=O)c2ccc(Br)cc2)cc1. The number of nitrogens with zero attached hydrogens (tertiary/aromatic N) is 2. The molecule has 0 saturated carbocycles. The van der Waals surface area contributed by atoms with Crippen molar-refractivity contribution in [1.82, 2.24) is 4.31 Å². The molecule has 0 unspecified atom stereocenters. The Kier molecular flexibility index (Phi) is 6.21. The first-order chi connectivity index (χ1) is 11.7. The quantitative estimate of drug-likeness (QED) is 0.772. The highest BCUT2D eigenvalue weighted by molar-refractivity contribution is 9.10. The van der Waals surface area contributed by atoms with Crippen molar-refractivity contribution in [3.05, 3.63) is 53.0 Å². The molecule has 0 aliphatic rings. The van der Waals surface area contributed by atoms with E-state index < -0.39 is 15.9 Å². The molecule has 1 N–H and O–H groups in total. The number of carbonyl (C=O) groups is 1. The van der Waals surface area contributed by atoms with Gasteiger partial charge in [0.1, 0.15) is 0 Å². The second-order valence-electron chi connectivity index (χ2n) is 5.70. The number of nitrogens with one attached hydrogen (secondary N) is 1. The number of halogens is 1. The smallest absolute Gasteiger partial charge is 0.243 e. The minimum Gasteiger partial charge on any atom is -0.378 e. The van der Waals surface area contributed by atoms with Crippen LogP contribution in [0.25, 0.3) is 0 Å². The van der Waals surface area contributed by atoms with Gasteiger partial charge >= 0.3 is 0 Å². The lowest BCUT2D eigenvalue weighted by molar-refractivity contribution is -0.116. The maximum absolute atomic E-state index is 12.5. The van der Waals surface area contributed by atoms with Crippen molar-refractivity contribution >= 4 is 43.2 Å². The molecule has 6 nitrogen and oxygen atoms in total. The highest BCUT2D eigenvalue weighted by atomic mass is 79.9. The summed E-state index contributed by atoms with van der Waals surface area (Å²) in [7, 11) is 1.52. The first kappa shape index (κ1) is 19.4. The number of benzene rings is 2. The van der Waals surface area contributed by atoms with Crippen LogP contribution in [0.5, 0.6) is 0 Å². The Balaban J connectivity index is 2.02.